The van der Waals surface area contributed by atoms with Crippen molar-refractivity contribution in [1.82, 2.24) is 19.9 Å². The third-order valence-electron chi connectivity index (χ3n) is 9.11. The molecule has 3 amide bonds. The van der Waals surface area contributed by atoms with Crippen LogP contribution in [0, 0.1) is 5.92 Å². The van der Waals surface area contributed by atoms with Crippen LogP contribution in [0.1, 0.15) is 46.5 Å². The Hall–Kier alpha value is -4.65. The Bertz CT molecular complexity index is 1900. The molecule has 2 saturated carbocycles. The number of benzene rings is 2. The number of likely N-dealkylation sites (tertiary alicyclic amines) is 1. The van der Waals surface area contributed by atoms with E-state index in [0.717, 1.165) is 22.0 Å². The quantitative estimate of drug-likeness (QED) is 0.296. The summed E-state index contributed by atoms with van der Waals surface area (Å²) in [5.41, 5.74) is 0.317. The van der Waals surface area contributed by atoms with E-state index >= 15 is 0 Å². The number of pyridine rings is 1. The number of fused-ring (bicyclic) bond motifs is 1. The number of sulfonamides is 1. The van der Waals surface area contributed by atoms with Gasteiger partial charge in [-0.2, -0.15) is 0 Å². The molecule has 3 fully saturated rings. The van der Waals surface area contributed by atoms with E-state index < -0.39 is 62.4 Å². The molecule has 4 atom stereocenters. The van der Waals surface area contributed by atoms with Gasteiger partial charge in [0.1, 0.15) is 23.3 Å². The summed E-state index contributed by atoms with van der Waals surface area (Å²) in [5, 5.41) is 3.86. The van der Waals surface area contributed by atoms with Crippen molar-refractivity contribution >= 4 is 44.4 Å². The SMILES string of the molecule is C=C[C@@H]1C[C@]1(NC(=O)[C@@H]1C[C@@H](Oc2nc(-c3ccc(N(C)C)cc3)cc3ccccc23)CN1C(=O)OC(C)(C)C)C(=O)NS(=O)(=O)C1CC1. The number of amides is 3. The molecule has 49 heavy (non-hydrogen) atoms. The van der Waals surface area contributed by atoms with Crippen molar-refractivity contribution < 1.29 is 32.3 Å². The van der Waals surface area contributed by atoms with Gasteiger partial charge in [-0.1, -0.05) is 36.4 Å². The second kappa shape index (κ2) is 12.7. The summed E-state index contributed by atoms with van der Waals surface area (Å²) in [7, 11) is 0.0972. The molecule has 0 unspecified atom stereocenters. The maximum Gasteiger partial charge on any atom is 0.411 e. The molecule has 12 nitrogen and oxygen atoms in total. The Morgan fingerprint density at radius 2 is 1.78 bits per heavy atom. The van der Waals surface area contributed by atoms with Crippen molar-refractivity contribution in [2.75, 3.05) is 25.5 Å². The second-order valence-electron chi connectivity index (χ2n) is 14.3. The van der Waals surface area contributed by atoms with Crippen molar-refractivity contribution in [3.63, 3.8) is 0 Å². The Kier molecular flexibility index (Phi) is 8.85. The summed E-state index contributed by atoms with van der Waals surface area (Å²) in [6.45, 7) is 8.98. The van der Waals surface area contributed by atoms with Crippen molar-refractivity contribution in [2.45, 2.75) is 75.0 Å². The third-order valence-corrected chi connectivity index (χ3v) is 10.9. The van der Waals surface area contributed by atoms with Crippen LogP contribution in [0.5, 0.6) is 5.88 Å². The molecule has 0 spiro atoms. The Balaban J connectivity index is 1.27. The number of anilines is 1. The predicted molar refractivity (Wildman–Crippen MR) is 187 cm³/mol. The molecule has 1 saturated heterocycles. The Labute approximate surface area is 286 Å². The average molecular weight is 690 g/mol. The van der Waals surface area contributed by atoms with Crippen LogP contribution in [-0.4, -0.2) is 85.4 Å². The maximum atomic E-state index is 14.0. The second-order valence-corrected chi connectivity index (χ2v) is 16.2. The molecule has 260 valence electrons. The molecular formula is C36H43N5O7S. The van der Waals surface area contributed by atoms with E-state index in [0.29, 0.717) is 24.4 Å². The normalized spacial score (nSPS) is 23.4. The van der Waals surface area contributed by atoms with E-state index in [1.54, 1.807) is 20.8 Å². The molecule has 2 aliphatic carbocycles. The number of ether oxygens (including phenoxy) is 2. The summed E-state index contributed by atoms with van der Waals surface area (Å²) in [6, 6.07) is 16.6. The number of aromatic nitrogens is 1. The van der Waals surface area contributed by atoms with Gasteiger partial charge in [0.15, 0.2) is 0 Å². The van der Waals surface area contributed by atoms with Crippen molar-refractivity contribution in [2.24, 2.45) is 5.92 Å². The fraction of sp³-hybridized carbons (Fsp3) is 0.444. The van der Waals surface area contributed by atoms with Gasteiger partial charge in [0, 0.05) is 43.1 Å². The summed E-state index contributed by atoms with van der Waals surface area (Å²) in [4.78, 5) is 49.0. The van der Waals surface area contributed by atoms with Crippen LogP contribution in [0.2, 0.25) is 0 Å². The van der Waals surface area contributed by atoms with Gasteiger partial charge in [-0.3, -0.25) is 19.2 Å². The molecule has 2 aromatic carbocycles. The van der Waals surface area contributed by atoms with Gasteiger partial charge in [-0.05, 0) is 69.7 Å². The monoisotopic (exact) mass is 689 g/mol. The molecular weight excluding hydrogens is 646 g/mol. The first-order chi connectivity index (χ1) is 23.1. The van der Waals surface area contributed by atoms with E-state index in [9.17, 15) is 22.8 Å². The van der Waals surface area contributed by atoms with E-state index in [1.807, 2.05) is 73.6 Å². The fourth-order valence-corrected chi connectivity index (χ4v) is 7.53. The standard InChI is InChI=1S/C36H43N5O7S/c1-7-24-20-36(24,33(43)39-49(45,46)27-16-17-27)38-31(42)30-19-26(21-41(30)34(44)48-35(2,3)4)47-32-28-11-9-8-10-23(28)18-29(37-32)22-12-14-25(15-13-22)40(5)6/h7-15,18,24,26-27,30H,1,16-17,19-21H2,2-6H3,(H,38,42)(H,39,43)/t24-,26-,30+,36-/m1/s1. The van der Waals surface area contributed by atoms with Gasteiger partial charge < -0.3 is 19.7 Å². The van der Waals surface area contributed by atoms with E-state index in [1.165, 1.54) is 11.0 Å². The number of nitrogens with one attached hydrogen (secondary N) is 2. The molecule has 13 heteroatoms. The lowest BCUT2D eigenvalue weighted by Crippen LogP contribution is -2.56. The molecule has 3 aliphatic rings. The van der Waals surface area contributed by atoms with Crippen LogP contribution in [-0.2, 0) is 24.3 Å². The summed E-state index contributed by atoms with van der Waals surface area (Å²) in [5.74, 6) is -1.54. The smallest absolute Gasteiger partial charge is 0.411 e. The van der Waals surface area contributed by atoms with E-state index in [-0.39, 0.29) is 19.4 Å². The highest BCUT2D eigenvalue weighted by atomic mass is 32.2. The molecule has 0 bridgehead atoms. The highest BCUT2D eigenvalue weighted by Crippen LogP contribution is 2.45. The van der Waals surface area contributed by atoms with Crippen molar-refractivity contribution in [1.29, 1.82) is 0 Å². The molecule has 2 heterocycles. The van der Waals surface area contributed by atoms with Crippen molar-refractivity contribution in [3.05, 3.63) is 67.3 Å². The fourth-order valence-electron chi connectivity index (χ4n) is 6.17. The molecule has 0 radical (unpaired) electrons. The minimum Gasteiger partial charge on any atom is -0.472 e. The van der Waals surface area contributed by atoms with E-state index in [2.05, 4.69) is 16.6 Å². The lowest BCUT2D eigenvalue weighted by molar-refractivity contribution is -0.131. The van der Waals surface area contributed by atoms with Crippen molar-refractivity contribution in [3.8, 4) is 17.1 Å². The summed E-state index contributed by atoms with van der Waals surface area (Å²) < 4.78 is 39.5. The largest absolute Gasteiger partial charge is 0.472 e. The third kappa shape index (κ3) is 7.22. The highest BCUT2D eigenvalue weighted by Gasteiger charge is 2.62. The van der Waals surface area contributed by atoms with Gasteiger partial charge in [0.2, 0.25) is 21.8 Å². The maximum absolute atomic E-state index is 14.0. The van der Waals surface area contributed by atoms with Crippen LogP contribution in [0.25, 0.3) is 22.0 Å². The van der Waals surface area contributed by atoms with Gasteiger partial charge in [0.25, 0.3) is 5.91 Å². The first kappa shape index (κ1) is 34.2. The predicted octanol–water partition coefficient (Wildman–Crippen LogP) is 4.39. The zero-order chi connectivity index (χ0) is 35.3. The lowest BCUT2D eigenvalue weighted by Gasteiger charge is -2.29. The number of carbonyl (C=O) groups excluding carboxylic acids is 3. The number of nitrogens with zero attached hydrogens (tertiary/aromatic N) is 3. The number of rotatable bonds is 10. The number of hydrogen-bond donors (Lipinski definition) is 2. The van der Waals surface area contributed by atoms with Crippen LogP contribution >= 0.6 is 0 Å². The first-order valence-electron chi connectivity index (χ1n) is 16.4. The van der Waals surface area contributed by atoms with Gasteiger partial charge in [0.05, 0.1) is 17.5 Å². The van der Waals surface area contributed by atoms with Crippen LogP contribution < -0.4 is 19.7 Å². The Morgan fingerprint density at radius 1 is 1.08 bits per heavy atom. The molecule has 2 N–H and O–H groups in total. The van der Waals surface area contributed by atoms with Crippen LogP contribution in [0.4, 0.5) is 10.5 Å². The Morgan fingerprint density at radius 3 is 2.39 bits per heavy atom. The molecule has 1 aromatic heterocycles. The summed E-state index contributed by atoms with van der Waals surface area (Å²) in [6.07, 6.45) is 1.39. The van der Waals surface area contributed by atoms with Crippen LogP contribution in [0.3, 0.4) is 0 Å². The molecule has 3 aromatic rings. The average Bonchev–Trinajstić information content (AvgIpc) is 3.97. The number of hydrogen-bond acceptors (Lipinski definition) is 9. The molecule has 1 aliphatic heterocycles. The zero-order valence-corrected chi connectivity index (χ0v) is 29.2. The first-order valence-corrected chi connectivity index (χ1v) is 18.0. The summed E-state index contributed by atoms with van der Waals surface area (Å²) >= 11 is 0. The van der Waals surface area contributed by atoms with E-state index in [4.69, 9.17) is 14.5 Å². The molecule has 6 rings (SSSR count). The van der Waals surface area contributed by atoms with Gasteiger partial charge in [-0.25, -0.2) is 18.2 Å². The minimum absolute atomic E-state index is 0.0188. The van der Waals surface area contributed by atoms with Gasteiger partial charge >= 0.3 is 6.09 Å². The van der Waals surface area contributed by atoms with Gasteiger partial charge in [-0.15, -0.1) is 6.58 Å². The highest BCUT2D eigenvalue weighted by molar-refractivity contribution is 7.91. The van der Waals surface area contributed by atoms with Crippen LogP contribution in [0.15, 0.2) is 67.3 Å². The minimum atomic E-state index is -3.85. The number of carbonyl (C=O) groups is 3. The zero-order valence-electron chi connectivity index (χ0n) is 28.4. The lowest BCUT2D eigenvalue weighted by atomic mass is 10.1. The topological polar surface area (TPSA) is 147 Å².